The number of nitrogens with one attached hydrogen (secondary N) is 4. The number of amides is 8. The van der Waals surface area contributed by atoms with Gasteiger partial charge in [-0.25, -0.2) is 18.0 Å². The Morgan fingerprint density at radius 1 is 0.889 bits per heavy atom. The number of hydrogen-bond donors (Lipinski definition) is 5. The highest BCUT2D eigenvalue weighted by molar-refractivity contribution is 7.90. The number of imidazole rings is 1. The molecule has 390 valence electrons. The van der Waals surface area contributed by atoms with Crippen LogP contribution >= 0.6 is 0 Å². The second kappa shape index (κ2) is 23.3. The zero-order valence-electron chi connectivity index (χ0n) is 41.2. The van der Waals surface area contributed by atoms with E-state index in [1.807, 2.05) is 25.1 Å². The average Bonchev–Trinajstić information content (AvgIpc) is 3.87. The Labute approximate surface area is 418 Å². The normalized spacial score (nSPS) is 23.1. The summed E-state index contributed by atoms with van der Waals surface area (Å²) in [6, 6.07) is 7.07. The number of sulfone groups is 1. The molecule has 5 atom stereocenters. The summed E-state index contributed by atoms with van der Waals surface area (Å²) >= 11 is 0. The molecule has 1 saturated carbocycles. The Kier molecular flexibility index (Phi) is 17.2. The second-order valence-corrected chi connectivity index (χ2v) is 21.8. The molecule has 3 aromatic rings. The van der Waals surface area contributed by atoms with Gasteiger partial charge in [0.2, 0.25) is 41.4 Å². The third kappa shape index (κ3) is 12.9. The monoisotopic (exact) mass is 1020 g/mol. The molecule has 4 heterocycles. The first-order valence-corrected chi connectivity index (χ1v) is 26.9. The van der Waals surface area contributed by atoms with Crippen LogP contribution < -0.4 is 32.7 Å². The van der Waals surface area contributed by atoms with Crippen molar-refractivity contribution in [1.29, 1.82) is 0 Å². The summed E-state index contributed by atoms with van der Waals surface area (Å²) in [5.41, 5.74) is 8.08. The Bertz CT molecular complexity index is 2730. The fourth-order valence-corrected chi connectivity index (χ4v) is 11.2. The summed E-state index contributed by atoms with van der Waals surface area (Å²) in [4.78, 5) is 122. The summed E-state index contributed by atoms with van der Waals surface area (Å²) in [6.07, 6.45) is 7.14. The van der Waals surface area contributed by atoms with E-state index in [1.54, 1.807) is 24.1 Å². The first kappa shape index (κ1) is 53.2. The quantitative estimate of drug-likeness (QED) is 0.0904. The van der Waals surface area contributed by atoms with Gasteiger partial charge in [0, 0.05) is 51.7 Å². The van der Waals surface area contributed by atoms with E-state index in [-0.39, 0.29) is 93.1 Å². The average molecular weight is 1020 g/mol. The van der Waals surface area contributed by atoms with Crippen LogP contribution in [-0.4, -0.2) is 125 Å². The number of carbonyl (C=O) groups excluding carboxylic acids is 8. The highest BCUT2D eigenvalue weighted by Crippen LogP contribution is 2.35. The van der Waals surface area contributed by atoms with Gasteiger partial charge >= 0.3 is 11.8 Å². The first-order chi connectivity index (χ1) is 34.3. The Morgan fingerprint density at radius 3 is 2.28 bits per heavy atom. The molecule has 8 amide bonds. The molecule has 22 heteroatoms. The van der Waals surface area contributed by atoms with Crippen molar-refractivity contribution in [2.24, 2.45) is 24.6 Å². The van der Waals surface area contributed by atoms with Crippen molar-refractivity contribution in [3.8, 4) is 0 Å². The van der Waals surface area contributed by atoms with E-state index in [0.29, 0.717) is 41.8 Å². The minimum absolute atomic E-state index is 0.00390. The minimum Gasteiger partial charge on any atom is -0.450 e. The Morgan fingerprint density at radius 2 is 1.60 bits per heavy atom. The van der Waals surface area contributed by atoms with Crippen molar-refractivity contribution in [3.05, 3.63) is 64.1 Å². The van der Waals surface area contributed by atoms with Gasteiger partial charge in [-0.05, 0) is 118 Å². The maximum Gasteiger partial charge on any atom is 0.407 e. The molecule has 1 aromatic heterocycles. The molecule has 4 aliphatic rings. The maximum atomic E-state index is 14.6. The Hall–Kier alpha value is -6.58. The number of rotatable bonds is 18. The Balaban J connectivity index is 0.974. The summed E-state index contributed by atoms with van der Waals surface area (Å²) in [7, 11) is -1.76. The highest BCUT2D eigenvalue weighted by Gasteiger charge is 2.46. The number of aryl methyl sites for hydroxylation is 1. The summed E-state index contributed by atoms with van der Waals surface area (Å²) in [5, 5.41) is 10.5. The number of alkyl carbamates (subject to hydrolysis) is 1. The van der Waals surface area contributed by atoms with Gasteiger partial charge < -0.3 is 36.2 Å². The van der Waals surface area contributed by atoms with Gasteiger partial charge in [-0.2, -0.15) is 0 Å². The number of unbranched alkanes of at least 4 members (excludes halogenated alkanes) is 1. The third-order valence-electron chi connectivity index (χ3n) is 14.6. The smallest absolute Gasteiger partial charge is 0.407 e. The predicted octanol–water partition coefficient (Wildman–Crippen LogP) is 2.01. The van der Waals surface area contributed by atoms with Crippen molar-refractivity contribution in [2.45, 2.75) is 145 Å². The second-order valence-electron chi connectivity index (χ2n) is 19.8. The van der Waals surface area contributed by atoms with E-state index < -0.39 is 75.7 Å². The minimum atomic E-state index is -3.43. The lowest BCUT2D eigenvalue weighted by Crippen LogP contribution is -2.62. The largest absolute Gasteiger partial charge is 0.450 e. The van der Waals surface area contributed by atoms with E-state index in [9.17, 15) is 51.6 Å². The topological polar surface area (TPSA) is 287 Å². The van der Waals surface area contributed by atoms with Crippen LogP contribution in [0.3, 0.4) is 0 Å². The zero-order valence-corrected chi connectivity index (χ0v) is 42.0. The molecule has 0 bridgehead atoms. The molecule has 0 spiro atoms. The van der Waals surface area contributed by atoms with Crippen LogP contribution in [0.25, 0.3) is 11.0 Å². The highest BCUT2D eigenvalue weighted by atomic mass is 32.2. The molecule has 2 aromatic carbocycles. The maximum absolute atomic E-state index is 14.6. The van der Waals surface area contributed by atoms with E-state index in [2.05, 4.69) is 21.3 Å². The van der Waals surface area contributed by atoms with Crippen LogP contribution in [0.1, 0.15) is 114 Å². The molecule has 3 aliphatic heterocycles. The number of carbonyl (C=O) groups is 8. The lowest BCUT2D eigenvalue weighted by atomic mass is 9.78. The van der Waals surface area contributed by atoms with Gasteiger partial charge in [-0.15, -0.1) is 0 Å². The fraction of sp³-hybridized carbons (Fsp3) is 0.580. The van der Waals surface area contributed by atoms with Gasteiger partial charge in [-0.1, -0.05) is 31.5 Å². The lowest BCUT2D eigenvalue weighted by molar-refractivity contribution is -0.146. The first-order valence-electron chi connectivity index (χ1n) is 25.0. The summed E-state index contributed by atoms with van der Waals surface area (Å²) in [6.45, 7) is 2.19. The number of hydrogen-bond acceptors (Lipinski definition) is 12. The number of fused-ring (bicyclic) bond motifs is 2. The summed E-state index contributed by atoms with van der Waals surface area (Å²) in [5.74, 6) is -3.03. The molecule has 21 nitrogen and oxygen atoms in total. The van der Waals surface area contributed by atoms with Crippen LogP contribution in [0.2, 0.25) is 0 Å². The molecule has 6 N–H and O–H groups in total. The van der Waals surface area contributed by atoms with Crippen LogP contribution in [-0.2, 0) is 68.1 Å². The molecular formula is C50H67N9O12S. The van der Waals surface area contributed by atoms with E-state index in [4.69, 9.17) is 10.5 Å². The molecular weight excluding hydrogens is 951 g/mol. The van der Waals surface area contributed by atoms with Gasteiger partial charge in [0.15, 0.2) is 9.84 Å². The molecule has 1 aliphatic carbocycles. The van der Waals surface area contributed by atoms with Gasteiger partial charge in [0.05, 0.1) is 29.1 Å². The molecule has 4 fully saturated rings. The zero-order chi connectivity index (χ0) is 51.9. The number of ether oxygens (including phenoxy) is 1. The van der Waals surface area contributed by atoms with E-state index in [0.717, 1.165) is 50.3 Å². The van der Waals surface area contributed by atoms with Crippen molar-refractivity contribution >= 4 is 68.3 Å². The van der Waals surface area contributed by atoms with Gasteiger partial charge in [0.25, 0.3) is 0 Å². The number of aromatic nitrogens is 2. The standard InChI is InChI=1S/C50H67N9O12S/c1-4-5-24-71-49(67)54-37-29-57(44(62)27-31-8-6-30(7-9-31)25-33-12-17-38-41(26-33)56(2)50(68)59(38)40-19-21-43(61)55-47(40)65)23-22-34-13-18-39(58(34)48(37)66)46(64)53-36(16-20-42(51)60)45(63)52-28-32-10-14-35(15-11-32)72(3,69)70/h10-12,14-15,17,26,30-31,34,36-37,39-40H,4-9,13,16,18-25,27-29H2,1-3H3,(H2,51,60)(H,52,63)(H,53,64)(H,54,67)(H,55,61,65)/t30?,31?,34-,36?,37+,39+,40?/m1/s1. The fourth-order valence-electron chi connectivity index (χ4n) is 10.6. The van der Waals surface area contributed by atoms with E-state index >= 15 is 0 Å². The molecule has 72 heavy (non-hydrogen) atoms. The van der Waals surface area contributed by atoms with Gasteiger partial charge in [-0.3, -0.25) is 48.0 Å². The number of nitrogens with two attached hydrogens (primary N) is 1. The van der Waals surface area contributed by atoms with Crippen LogP contribution in [0.15, 0.2) is 52.2 Å². The number of piperidine rings is 1. The van der Waals surface area contributed by atoms with Crippen LogP contribution in [0.5, 0.6) is 0 Å². The SMILES string of the molecule is CCCCOC(=O)N[C@H]1CN(C(=O)CC2CCC(Cc3ccc4c(c3)n(C)c(=O)n4C3CCC(=O)NC3=O)CC2)CC[C@H]2CC[C@@H](C(=O)NC(CCC(N)=O)C(=O)NCc3ccc(S(C)(=O)=O)cc3)N2C1=O. The van der Waals surface area contributed by atoms with Crippen LogP contribution in [0.4, 0.5) is 4.79 Å². The summed E-state index contributed by atoms with van der Waals surface area (Å²) < 4.78 is 32.2. The van der Waals surface area contributed by atoms with Crippen LogP contribution in [0, 0.1) is 11.8 Å². The number of imide groups is 1. The predicted molar refractivity (Wildman–Crippen MR) is 262 cm³/mol. The van der Waals surface area contributed by atoms with E-state index in [1.165, 1.54) is 26.2 Å². The number of nitrogens with zero attached hydrogens (tertiary/aromatic N) is 4. The van der Waals surface area contributed by atoms with Crippen molar-refractivity contribution in [3.63, 3.8) is 0 Å². The molecule has 0 radical (unpaired) electrons. The van der Waals surface area contributed by atoms with Crippen molar-refractivity contribution in [2.75, 3.05) is 26.0 Å². The molecule has 3 saturated heterocycles. The molecule has 2 unspecified atom stereocenters. The number of primary amides is 1. The van der Waals surface area contributed by atoms with Gasteiger partial charge in [0.1, 0.15) is 24.2 Å². The van der Waals surface area contributed by atoms with Crippen molar-refractivity contribution in [1.82, 2.24) is 40.2 Å². The number of benzene rings is 2. The lowest BCUT2D eigenvalue weighted by Gasteiger charge is -2.39. The third-order valence-corrected chi connectivity index (χ3v) is 15.8. The van der Waals surface area contributed by atoms with Crippen molar-refractivity contribution < 1.29 is 51.5 Å². The molecule has 7 rings (SSSR count).